The van der Waals surface area contributed by atoms with Gasteiger partial charge in [-0.3, -0.25) is 9.59 Å². The second-order valence-corrected chi connectivity index (χ2v) is 4.93. The molecule has 0 heterocycles. The van der Waals surface area contributed by atoms with E-state index in [4.69, 9.17) is 4.74 Å². The lowest BCUT2D eigenvalue weighted by Gasteiger charge is -2.35. The zero-order valence-electron chi connectivity index (χ0n) is 10.9. The average molecular weight is 246 g/mol. The standard InChI is InChI=1S/C15H18O3/c1-11-5-3-4-6-13(11)15(14(17)18-2)9-7-12(16)8-10-15/h3-6H,7-10H2,1-2H3. The summed E-state index contributed by atoms with van der Waals surface area (Å²) in [7, 11) is 1.42. The minimum absolute atomic E-state index is 0.218. The van der Waals surface area contributed by atoms with E-state index in [-0.39, 0.29) is 11.8 Å². The molecule has 3 heteroatoms. The fourth-order valence-electron chi connectivity index (χ4n) is 2.84. The molecule has 0 bridgehead atoms. The number of Topliss-reactive ketones (excluding diaryl/α,β-unsaturated/α-hetero) is 1. The third-order valence-electron chi connectivity index (χ3n) is 3.90. The van der Waals surface area contributed by atoms with Crippen molar-refractivity contribution in [3.05, 3.63) is 35.4 Å². The van der Waals surface area contributed by atoms with Crippen LogP contribution in [0.2, 0.25) is 0 Å². The maximum absolute atomic E-state index is 12.2. The van der Waals surface area contributed by atoms with Crippen LogP contribution in [0.1, 0.15) is 36.8 Å². The number of methoxy groups -OCH3 is 1. The van der Waals surface area contributed by atoms with Crippen molar-refractivity contribution >= 4 is 11.8 Å². The fraction of sp³-hybridized carbons (Fsp3) is 0.467. The predicted molar refractivity (Wildman–Crippen MR) is 68.3 cm³/mol. The topological polar surface area (TPSA) is 43.4 Å². The highest BCUT2D eigenvalue weighted by Gasteiger charge is 2.44. The lowest BCUT2D eigenvalue weighted by atomic mass is 9.68. The van der Waals surface area contributed by atoms with Gasteiger partial charge in [0.15, 0.2) is 0 Å². The molecule has 0 atom stereocenters. The van der Waals surface area contributed by atoms with Crippen molar-refractivity contribution in [2.75, 3.05) is 7.11 Å². The largest absolute Gasteiger partial charge is 0.468 e. The summed E-state index contributed by atoms with van der Waals surface area (Å²) < 4.78 is 4.99. The molecule has 0 unspecified atom stereocenters. The first-order valence-electron chi connectivity index (χ1n) is 6.26. The van der Waals surface area contributed by atoms with Crippen LogP contribution in [0.3, 0.4) is 0 Å². The van der Waals surface area contributed by atoms with E-state index in [0.29, 0.717) is 25.7 Å². The van der Waals surface area contributed by atoms with Gasteiger partial charge < -0.3 is 4.74 Å². The molecule has 1 saturated carbocycles. The number of ether oxygens (including phenoxy) is 1. The second-order valence-electron chi connectivity index (χ2n) is 4.93. The van der Waals surface area contributed by atoms with E-state index < -0.39 is 5.41 Å². The summed E-state index contributed by atoms with van der Waals surface area (Å²) in [6.07, 6.45) is 2.04. The number of rotatable bonds is 2. The van der Waals surface area contributed by atoms with E-state index in [1.54, 1.807) is 0 Å². The summed E-state index contributed by atoms with van der Waals surface area (Å²) in [6, 6.07) is 7.86. The molecular weight excluding hydrogens is 228 g/mol. The van der Waals surface area contributed by atoms with Crippen LogP contribution in [0.15, 0.2) is 24.3 Å². The van der Waals surface area contributed by atoms with Crippen LogP contribution >= 0.6 is 0 Å². The molecule has 1 aliphatic rings. The van der Waals surface area contributed by atoms with Gasteiger partial charge >= 0.3 is 5.97 Å². The minimum Gasteiger partial charge on any atom is -0.468 e. The van der Waals surface area contributed by atoms with Crippen molar-refractivity contribution < 1.29 is 14.3 Å². The summed E-state index contributed by atoms with van der Waals surface area (Å²) in [4.78, 5) is 23.6. The third kappa shape index (κ3) is 2.05. The lowest BCUT2D eigenvalue weighted by Crippen LogP contribution is -2.41. The van der Waals surface area contributed by atoms with Crippen LogP contribution in [-0.2, 0) is 19.7 Å². The highest BCUT2D eigenvalue weighted by atomic mass is 16.5. The molecule has 0 aliphatic heterocycles. The molecule has 1 aromatic carbocycles. The average Bonchev–Trinajstić information content (AvgIpc) is 2.40. The Morgan fingerprint density at radius 2 is 1.83 bits per heavy atom. The zero-order chi connectivity index (χ0) is 13.2. The van der Waals surface area contributed by atoms with Gasteiger partial charge in [0.25, 0.3) is 0 Å². The molecule has 1 fully saturated rings. The Balaban J connectivity index is 2.46. The molecule has 0 saturated heterocycles. The Morgan fingerprint density at radius 3 is 2.39 bits per heavy atom. The van der Waals surface area contributed by atoms with Gasteiger partial charge in [0.1, 0.15) is 5.78 Å². The van der Waals surface area contributed by atoms with Crippen LogP contribution in [0.4, 0.5) is 0 Å². The van der Waals surface area contributed by atoms with Crippen LogP contribution in [0.25, 0.3) is 0 Å². The smallest absolute Gasteiger partial charge is 0.316 e. The third-order valence-corrected chi connectivity index (χ3v) is 3.90. The van der Waals surface area contributed by atoms with Gasteiger partial charge in [-0.2, -0.15) is 0 Å². The minimum atomic E-state index is -0.631. The van der Waals surface area contributed by atoms with Gasteiger partial charge in [0, 0.05) is 12.8 Å². The number of esters is 1. The molecule has 18 heavy (non-hydrogen) atoms. The molecular formula is C15H18O3. The number of carbonyl (C=O) groups excluding carboxylic acids is 2. The van der Waals surface area contributed by atoms with Gasteiger partial charge in [-0.05, 0) is 30.9 Å². The van der Waals surface area contributed by atoms with Crippen molar-refractivity contribution in [2.45, 2.75) is 38.0 Å². The van der Waals surface area contributed by atoms with Gasteiger partial charge in [-0.25, -0.2) is 0 Å². The van der Waals surface area contributed by atoms with Gasteiger partial charge in [-0.1, -0.05) is 24.3 Å². The monoisotopic (exact) mass is 246 g/mol. The highest BCUT2D eigenvalue weighted by Crippen LogP contribution is 2.40. The van der Waals surface area contributed by atoms with E-state index in [0.717, 1.165) is 11.1 Å². The first kappa shape index (κ1) is 12.8. The number of benzene rings is 1. The number of hydrogen-bond acceptors (Lipinski definition) is 3. The molecule has 2 rings (SSSR count). The molecule has 1 aromatic rings. The summed E-state index contributed by atoms with van der Waals surface area (Å²) in [5.74, 6) is 0.0208. The molecule has 0 aromatic heterocycles. The zero-order valence-corrected chi connectivity index (χ0v) is 10.9. The number of hydrogen-bond donors (Lipinski definition) is 0. The first-order valence-corrected chi connectivity index (χ1v) is 6.26. The van der Waals surface area contributed by atoms with Gasteiger partial charge in [-0.15, -0.1) is 0 Å². The van der Waals surface area contributed by atoms with Crippen molar-refractivity contribution in [1.29, 1.82) is 0 Å². The SMILES string of the molecule is COC(=O)C1(c2ccccc2C)CCC(=O)CC1. The Morgan fingerprint density at radius 1 is 1.22 bits per heavy atom. The summed E-state index contributed by atoms with van der Waals surface area (Å²) in [6.45, 7) is 2.00. The normalized spacial score (nSPS) is 18.4. The lowest BCUT2D eigenvalue weighted by molar-refractivity contribution is -0.149. The van der Waals surface area contributed by atoms with Gasteiger partial charge in [0.05, 0.1) is 12.5 Å². The van der Waals surface area contributed by atoms with Crippen molar-refractivity contribution in [3.8, 4) is 0 Å². The van der Waals surface area contributed by atoms with Crippen LogP contribution in [0, 0.1) is 6.92 Å². The number of ketones is 1. The number of carbonyl (C=O) groups is 2. The van der Waals surface area contributed by atoms with E-state index >= 15 is 0 Å². The van der Waals surface area contributed by atoms with Crippen molar-refractivity contribution in [1.82, 2.24) is 0 Å². The number of aryl methyl sites for hydroxylation is 1. The fourth-order valence-corrected chi connectivity index (χ4v) is 2.84. The second kappa shape index (κ2) is 4.92. The maximum atomic E-state index is 12.2. The molecule has 96 valence electrons. The Kier molecular flexibility index (Phi) is 3.50. The van der Waals surface area contributed by atoms with E-state index in [9.17, 15) is 9.59 Å². The summed E-state index contributed by atoms with van der Waals surface area (Å²) >= 11 is 0. The quantitative estimate of drug-likeness (QED) is 0.753. The molecule has 3 nitrogen and oxygen atoms in total. The van der Waals surface area contributed by atoms with Gasteiger partial charge in [0.2, 0.25) is 0 Å². The predicted octanol–water partition coefficient (Wildman–Crippen LogP) is 2.55. The Labute approximate surface area is 107 Å². The first-order chi connectivity index (χ1) is 8.60. The molecule has 0 radical (unpaired) electrons. The molecule has 0 amide bonds. The van der Waals surface area contributed by atoms with Crippen LogP contribution in [0.5, 0.6) is 0 Å². The molecule has 0 N–H and O–H groups in total. The highest BCUT2D eigenvalue weighted by molar-refractivity contribution is 5.88. The Bertz CT molecular complexity index is 466. The van der Waals surface area contributed by atoms with Crippen molar-refractivity contribution in [3.63, 3.8) is 0 Å². The van der Waals surface area contributed by atoms with Crippen LogP contribution in [-0.4, -0.2) is 18.9 Å². The molecule has 1 aliphatic carbocycles. The van der Waals surface area contributed by atoms with E-state index in [1.165, 1.54) is 7.11 Å². The summed E-state index contributed by atoms with van der Waals surface area (Å²) in [5, 5.41) is 0. The van der Waals surface area contributed by atoms with E-state index in [2.05, 4.69) is 0 Å². The Hall–Kier alpha value is -1.64. The maximum Gasteiger partial charge on any atom is 0.316 e. The van der Waals surface area contributed by atoms with Crippen molar-refractivity contribution in [2.24, 2.45) is 0 Å². The summed E-state index contributed by atoms with van der Waals surface area (Å²) in [5.41, 5.74) is 1.45. The van der Waals surface area contributed by atoms with Crippen LogP contribution < -0.4 is 0 Å². The van der Waals surface area contributed by atoms with E-state index in [1.807, 2.05) is 31.2 Å². The molecule has 0 spiro atoms.